The van der Waals surface area contributed by atoms with Crippen LogP contribution in [0.4, 0.5) is 0 Å². The highest BCUT2D eigenvalue weighted by Crippen LogP contribution is 2.68. The van der Waals surface area contributed by atoms with E-state index in [1.807, 2.05) is 0 Å². The molecule has 0 radical (unpaired) electrons. The van der Waals surface area contributed by atoms with Crippen LogP contribution in [-0.4, -0.2) is 13.1 Å². The fourth-order valence-corrected chi connectivity index (χ4v) is 9.83. The summed E-state index contributed by atoms with van der Waals surface area (Å²) in [7, 11) is 2.25. The zero-order valence-corrected chi connectivity index (χ0v) is 20.6. The highest BCUT2D eigenvalue weighted by atomic mass is 14.9. The van der Waals surface area contributed by atoms with E-state index in [1.54, 1.807) is 12.8 Å². The topological polar surface area (TPSA) is 12.0 Å². The highest BCUT2D eigenvalue weighted by molar-refractivity contribution is 5.11. The standard InChI is InChI=1S/C28H51N/c1-19(2)9-7-10-20(3)23-15-16-24-22-14-13-21-11-8-12-26(29-6)28(21,5)25(22)17-18-27(23,24)4/h19-26,29H,7-18H2,1-6H3/t20-,21?,22+,23-,24+,25+,26?,27-,28+/m1/s1. The molecule has 1 N–H and O–H groups in total. The molecule has 2 unspecified atom stereocenters. The summed E-state index contributed by atoms with van der Waals surface area (Å²) in [4.78, 5) is 0. The van der Waals surface area contributed by atoms with Gasteiger partial charge in [0.05, 0.1) is 0 Å². The van der Waals surface area contributed by atoms with Gasteiger partial charge in [-0.25, -0.2) is 0 Å². The van der Waals surface area contributed by atoms with Gasteiger partial charge in [-0.15, -0.1) is 0 Å². The molecule has 4 aliphatic rings. The van der Waals surface area contributed by atoms with Crippen molar-refractivity contribution in [3.8, 4) is 0 Å². The Balaban J connectivity index is 1.50. The second-order valence-electron chi connectivity index (χ2n) is 12.8. The molecule has 29 heavy (non-hydrogen) atoms. The van der Waals surface area contributed by atoms with Crippen molar-refractivity contribution in [1.29, 1.82) is 0 Å². The fourth-order valence-electron chi connectivity index (χ4n) is 9.83. The van der Waals surface area contributed by atoms with Crippen LogP contribution >= 0.6 is 0 Å². The Kier molecular flexibility index (Phi) is 6.48. The first kappa shape index (κ1) is 22.2. The van der Waals surface area contributed by atoms with Crippen LogP contribution in [0.15, 0.2) is 0 Å². The second kappa shape index (κ2) is 8.48. The summed E-state index contributed by atoms with van der Waals surface area (Å²) in [5.41, 5.74) is 1.21. The van der Waals surface area contributed by atoms with Gasteiger partial charge in [0, 0.05) is 6.04 Å². The summed E-state index contributed by atoms with van der Waals surface area (Å²) in [6.45, 7) is 12.9. The summed E-state index contributed by atoms with van der Waals surface area (Å²) in [6.07, 6.45) is 17.9. The lowest BCUT2D eigenvalue weighted by atomic mass is 9.43. The van der Waals surface area contributed by atoms with Crippen LogP contribution < -0.4 is 5.32 Å². The fraction of sp³-hybridized carbons (Fsp3) is 1.00. The Morgan fingerprint density at radius 2 is 1.66 bits per heavy atom. The summed E-state index contributed by atoms with van der Waals surface area (Å²) in [5.74, 6) is 6.84. The predicted molar refractivity (Wildman–Crippen MR) is 126 cm³/mol. The van der Waals surface area contributed by atoms with E-state index in [1.165, 1.54) is 64.2 Å². The van der Waals surface area contributed by atoms with Crippen LogP contribution in [0.3, 0.4) is 0 Å². The molecule has 0 heterocycles. The largest absolute Gasteiger partial charge is 0.316 e. The molecule has 0 aliphatic heterocycles. The third-order valence-corrected chi connectivity index (χ3v) is 11.3. The van der Waals surface area contributed by atoms with Crippen LogP contribution in [0, 0.1) is 52.3 Å². The molecule has 0 aromatic heterocycles. The molecule has 4 fully saturated rings. The minimum absolute atomic E-state index is 0.568. The van der Waals surface area contributed by atoms with Crippen LogP contribution in [0.5, 0.6) is 0 Å². The van der Waals surface area contributed by atoms with Crippen LogP contribution in [0.2, 0.25) is 0 Å². The first-order chi connectivity index (χ1) is 13.8. The number of hydrogen-bond donors (Lipinski definition) is 1. The van der Waals surface area contributed by atoms with E-state index in [0.29, 0.717) is 10.8 Å². The molecule has 168 valence electrons. The van der Waals surface area contributed by atoms with Gasteiger partial charge in [-0.05, 0) is 111 Å². The summed E-state index contributed by atoms with van der Waals surface area (Å²) in [5, 5.41) is 3.81. The minimum atomic E-state index is 0.568. The lowest BCUT2D eigenvalue weighted by molar-refractivity contribution is -0.126. The molecular formula is C28H51N. The molecule has 0 amide bonds. The maximum Gasteiger partial charge on any atom is 0.0123 e. The SMILES string of the molecule is CNC1CCCC2CC[C@@H]3[C@H](CC[C@]4(C)[C@@H]([C@H](C)CCCC(C)C)CC[C@@H]34)[C@]21C. The van der Waals surface area contributed by atoms with Crippen molar-refractivity contribution in [2.24, 2.45) is 52.3 Å². The number of nitrogens with one attached hydrogen (secondary N) is 1. The normalized spacial score (nSPS) is 48.1. The molecular weight excluding hydrogens is 350 g/mol. The van der Waals surface area contributed by atoms with Crippen molar-refractivity contribution in [3.63, 3.8) is 0 Å². The van der Waals surface area contributed by atoms with Gasteiger partial charge in [0.25, 0.3) is 0 Å². The summed E-state index contributed by atoms with van der Waals surface area (Å²) in [6, 6.07) is 0.769. The first-order valence-corrected chi connectivity index (χ1v) is 13.5. The quantitative estimate of drug-likeness (QED) is 0.481. The van der Waals surface area contributed by atoms with E-state index in [4.69, 9.17) is 0 Å². The summed E-state index contributed by atoms with van der Waals surface area (Å²) >= 11 is 0. The Labute approximate surface area is 182 Å². The van der Waals surface area contributed by atoms with E-state index >= 15 is 0 Å². The van der Waals surface area contributed by atoms with Gasteiger partial charge in [0.2, 0.25) is 0 Å². The minimum Gasteiger partial charge on any atom is -0.316 e. The maximum atomic E-state index is 3.81. The number of rotatable bonds is 6. The maximum absolute atomic E-state index is 3.81. The highest BCUT2D eigenvalue weighted by Gasteiger charge is 2.61. The Morgan fingerprint density at radius 1 is 0.862 bits per heavy atom. The molecule has 0 aromatic rings. The molecule has 0 spiro atoms. The molecule has 0 saturated heterocycles. The van der Waals surface area contributed by atoms with Crippen LogP contribution in [0.1, 0.15) is 112 Å². The average Bonchev–Trinajstić information content (AvgIpc) is 3.04. The van der Waals surface area contributed by atoms with Crippen LogP contribution in [0.25, 0.3) is 0 Å². The zero-order valence-electron chi connectivity index (χ0n) is 20.6. The smallest absolute Gasteiger partial charge is 0.0123 e. The van der Waals surface area contributed by atoms with Gasteiger partial charge < -0.3 is 5.32 Å². The Bertz CT molecular complexity index is 547. The number of hydrogen-bond acceptors (Lipinski definition) is 1. The van der Waals surface area contributed by atoms with E-state index in [0.717, 1.165) is 47.5 Å². The van der Waals surface area contributed by atoms with E-state index in [-0.39, 0.29) is 0 Å². The second-order valence-corrected chi connectivity index (χ2v) is 12.8. The molecule has 1 nitrogen and oxygen atoms in total. The third-order valence-electron chi connectivity index (χ3n) is 11.3. The first-order valence-electron chi connectivity index (χ1n) is 13.5. The molecule has 4 aliphatic carbocycles. The van der Waals surface area contributed by atoms with Crippen molar-refractivity contribution < 1.29 is 0 Å². The number of fused-ring (bicyclic) bond motifs is 5. The predicted octanol–water partition coefficient (Wildman–Crippen LogP) is 7.70. The Hall–Kier alpha value is -0.0400. The molecule has 9 atom stereocenters. The van der Waals surface area contributed by atoms with Crippen molar-refractivity contribution in [3.05, 3.63) is 0 Å². The van der Waals surface area contributed by atoms with Gasteiger partial charge in [0.15, 0.2) is 0 Å². The van der Waals surface area contributed by atoms with E-state index in [2.05, 4.69) is 47.0 Å². The van der Waals surface area contributed by atoms with Crippen molar-refractivity contribution in [2.45, 2.75) is 118 Å². The Morgan fingerprint density at radius 3 is 2.38 bits per heavy atom. The van der Waals surface area contributed by atoms with Crippen molar-refractivity contribution in [1.82, 2.24) is 5.32 Å². The van der Waals surface area contributed by atoms with Gasteiger partial charge in [-0.1, -0.05) is 60.3 Å². The van der Waals surface area contributed by atoms with Gasteiger partial charge in [-0.2, -0.15) is 0 Å². The molecule has 4 saturated carbocycles. The lowest BCUT2D eigenvalue weighted by Crippen LogP contribution is -2.60. The zero-order chi connectivity index (χ0) is 20.8. The van der Waals surface area contributed by atoms with E-state index < -0.39 is 0 Å². The average molecular weight is 402 g/mol. The van der Waals surface area contributed by atoms with Crippen LogP contribution in [-0.2, 0) is 0 Å². The van der Waals surface area contributed by atoms with Gasteiger partial charge in [0.1, 0.15) is 0 Å². The molecule has 4 rings (SSSR count). The monoisotopic (exact) mass is 401 g/mol. The third kappa shape index (κ3) is 3.64. The molecule has 0 aromatic carbocycles. The molecule has 0 bridgehead atoms. The summed E-state index contributed by atoms with van der Waals surface area (Å²) < 4.78 is 0. The van der Waals surface area contributed by atoms with Crippen molar-refractivity contribution in [2.75, 3.05) is 7.05 Å². The van der Waals surface area contributed by atoms with Crippen molar-refractivity contribution >= 4 is 0 Å². The molecule has 1 heteroatoms. The lowest BCUT2D eigenvalue weighted by Gasteiger charge is -2.63. The van der Waals surface area contributed by atoms with Gasteiger partial charge >= 0.3 is 0 Å². The van der Waals surface area contributed by atoms with E-state index in [9.17, 15) is 0 Å². The van der Waals surface area contributed by atoms with Gasteiger partial charge in [-0.3, -0.25) is 0 Å².